The number of carbonyl (C=O) groups is 4. The predicted octanol–water partition coefficient (Wildman–Crippen LogP) is 10.5. The number of ether oxygens (including phenoxy) is 4. The number of hydrogen-bond acceptors (Lipinski definition) is 12. The molecule has 414 valence electrons. The first-order chi connectivity index (χ1) is 37.2. The topological polar surface area (TPSA) is 231 Å². The maximum atomic E-state index is 13.4. The fraction of sp³-hybridized carbons (Fsp3) is 0.389. The van der Waals surface area contributed by atoms with Gasteiger partial charge in [-0.05, 0) is 135 Å². The molecule has 2 aliphatic heterocycles. The number of fused-ring (bicyclic) bond motifs is 2. The van der Waals surface area contributed by atoms with Gasteiger partial charge in [0.15, 0.2) is 0 Å². The van der Waals surface area contributed by atoms with Gasteiger partial charge in [-0.15, -0.1) is 0 Å². The van der Waals surface area contributed by atoms with Gasteiger partial charge in [0.25, 0.3) is 11.8 Å². The Kier molecular flexibility index (Phi) is 18.8. The monoisotopic (exact) mass is 1110 g/mol. The van der Waals surface area contributed by atoms with Crippen LogP contribution in [0.1, 0.15) is 138 Å². The van der Waals surface area contributed by atoms with Crippen LogP contribution >= 0.6 is 23.2 Å². The van der Waals surface area contributed by atoms with Crippen molar-refractivity contribution in [3.8, 4) is 0 Å². The highest BCUT2D eigenvalue weighted by Gasteiger charge is 2.32. The van der Waals surface area contributed by atoms with Gasteiger partial charge in [0.05, 0.1) is 16.1 Å². The third-order valence-electron chi connectivity index (χ3n) is 13.5. The molecule has 0 bridgehead atoms. The number of amides is 3. The second-order valence-electron chi connectivity index (χ2n) is 18.9. The zero-order valence-corrected chi connectivity index (χ0v) is 43.8. The Bertz CT molecular complexity index is 3220. The summed E-state index contributed by atoms with van der Waals surface area (Å²) in [7, 11) is 3.59. The van der Waals surface area contributed by atoms with Crippen LogP contribution in [0.25, 0.3) is 0 Å². The van der Waals surface area contributed by atoms with E-state index in [0.29, 0.717) is 47.0 Å². The zero-order chi connectivity index (χ0) is 54.2. The Morgan fingerprint density at radius 3 is 1.74 bits per heavy atom. The zero-order valence-electron chi connectivity index (χ0n) is 42.3. The minimum absolute atomic E-state index is 0. The van der Waals surface area contributed by atoms with E-state index in [1.54, 1.807) is 25.5 Å². The number of aryl methyl sites for hydroxylation is 2. The number of nitrogens with one attached hydrogen (secondary N) is 3. The lowest BCUT2D eigenvalue weighted by Gasteiger charge is -2.22. The van der Waals surface area contributed by atoms with Crippen LogP contribution in [0.4, 0.5) is 29.7 Å². The fourth-order valence-electron chi connectivity index (χ4n) is 9.71. The molecular formula is C54H62Cl2F2N12O8. The molecule has 2 aromatic carbocycles. The first kappa shape index (κ1) is 56.8. The Balaban J connectivity index is 0.000000164. The molecule has 2 fully saturated rings. The average Bonchev–Trinajstić information content (AvgIpc) is 4.39. The number of anilines is 2. The molecule has 7 heterocycles. The third kappa shape index (κ3) is 13.7. The molecule has 2 aliphatic carbocycles. The average molecular weight is 1120 g/mol. The molecule has 0 saturated carbocycles. The number of hydrogen-bond donors (Lipinski definition) is 4. The number of nitrogens with zero attached hydrogens (tertiary/aromatic N) is 8. The molecular weight excluding hydrogens is 1050 g/mol. The molecule has 78 heavy (non-hydrogen) atoms. The normalized spacial score (nSPS) is 18.2. The number of rotatable bonds is 11. The summed E-state index contributed by atoms with van der Waals surface area (Å²) in [5.41, 5.74) is 13.1. The van der Waals surface area contributed by atoms with Gasteiger partial charge in [0.2, 0.25) is 0 Å². The summed E-state index contributed by atoms with van der Waals surface area (Å²) in [5, 5.41) is 17.2. The van der Waals surface area contributed by atoms with Crippen molar-refractivity contribution in [1.82, 2.24) is 43.6 Å². The lowest BCUT2D eigenvalue weighted by Crippen LogP contribution is -2.27. The molecule has 4 unspecified atom stereocenters. The molecule has 5 N–H and O–H groups in total. The van der Waals surface area contributed by atoms with E-state index in [1.807, 2.05) is 44.0 Å². The van der Waals surface area contributed by atoms with E-state index in [9.17, 15) is 28.0 Å². The number of imidazole rings is 1. The lowest BCUT2D eigenvalue weighted by molar-refractivity contribution is -0.0399. The minimum atomic E-state index is -0.554. The summed E-state index contributed by atoms with van der Waals surface area (Å²) < 4.78 is 56.8. The van der Waals surface area contributed by atoms with Gasteiger partial charge in [-0.3, -0.25) is 9.59 Å². The van der Waals surface area contributed by atoms with Crippen molar-refractivity contribution >= 4 is 58.6 Å². The quantitative estimate of drug-likeness (QED) is 0.0948. The van der Waals surface area contributed by atoms with Crippen molar-refractivity contribution < 1.29 is 46.9 Å². The maximum Gasteiger partial charge on any atom is 0.419 e. The largest absolute Gasteiger partial charge is 0.443 e. The molecule has 0 spiro atoms. The van der Waals surface area contributed by atoms with Crippen LogP contribution < -0.4 is 21.7 Å². The summed E-state index contributed by atoms with van der Waals surface area (Å²) in [4.78, 5) is 53.3. The molecule has 2 saturated heterocycles. The Labute approximate surface area is 459 Å². The number of nitrogens with two attached hydrogens (primary N) is 1. The molecule has 4 aliphatic rings. The molecule has 11 rings (SSSR count). The first-order valence-corrected chi connectivity index (χ1v) is 26.0. The van der Waals surface area contributed by atoms with Gasteiger partial charge < -0.3 is 49.8 Å². The molecule has 24 heteroatoms. The van der Waals surface area contributed by atoms with Crippen LogP contribution in [0.2, 0.25) is 10.0 Å². The van der Waals surface area contributed by atoms with Gasteiger partial charge in [0, 0.05) is 81.9 Å². The van der Waals surface area contributed by atoms with Gasteiger partial charge in [-0.2, -0.15) is 10.2 Å². The van der Waals surface area contributed by atoms with Crippen molar-refractivity contribution in [2.75, 3.05) is 23.8 Å². The molecule has 5 aromatic heterocycles. The van der Waals surface area contributed by atoms with Crippen LogP contribution in [0, 0.1) is 11.6 Å². The van der Waals surface area contributed by atoms with E-state index in [4.69, 9.17) is 47.9 Å². The van der Waals surface area contributed by atoms with Crippen molar-refractivity contribution in [2.45, 2.75) is 109 Å². The van der Waals surface area contributed by atoms with Crippen LogP contribution in [0.3, 0.4) is 0 Å². The van der Waals surface area contributed by atoms with E-state index in [1.165, 1.54) is 59.7 Å². The molecule has 4 atom stereocenters. The fourth-order valence-corrected chi connectivity index (χ4v) is 10.1. The minimum Gasteiger partial charge on any atom is -0.443 e. The van der Waals surface area contributed by atoms with Crippen LogP contribution in [-0.2, 0) is 59.1 Å². The highest BCUT2D eigenvalue weighted by atomic mass is 35.5. The molecule has 0 radical (unpaired) electrons. The standard InChI is InChI=1S/C25H27ClFN5O4.C15H15ClFN3O.C13H16N4O3.CH4/c1-31-13-18-17(23(31)24(33)28-15-5-7-20(27)19(26)12-15)6-8-21(18)29-25(34)36-14-16-9-10-32(30-16)22-4-2-3-11-35-22;1-20-7-10-9(3-5-13(10)18)14(20)15(21)19-8-2-4-12(17)11(16)6-8;18-13(16-7-5-14-10-16)20-9-11-4-6-17(15-11)12-3-1-2-8-19-12;/h5,7,9-10,12-13,21-22H,2-4,6,8,11,14H2,1H3,(H,28,33)(H,29,34);2,4,6-7,13H,3,5,18H2,1H3,(H,19,21);4-7,10,12H,1-3,8-9H2;1H4. The van der Waals surface area contributed by atoms with Crippen LogP contribution in [0.5, 0.6) is 0 Å². The van der Waals surface area contributed by atoms with E-state index < -0.39 is 23.8 Å². The SMILES string of the molecule is C.Cn1cc2c(c1C(=O)Nc1ccc(F)c(Cl)c1)CCC2N.Cn1cc2c(c1C(=O)Nc1ccc(F)c(Cl)c1)CCC2NC(=O)OCc1ccn(C2CCCCO2)n1.O=C(OCc1ccn(C2CCCCO2)n1)n1ccnc1. The van der Waals surface area contributed by atoms with E-state index in [0.717, 1.165) is 86.8 Å². The lowest BCUT2D eigenvalue weighted by atomic mass is 10.1. The molecule has 20 nitrogen and oxygen atoms in total. The van der Waals surface area contributed by atoms with Gasteiger partial charge >= 0.3 is 12.2 Å². The Morgan fingerprint density at radius 1 is 0.705 bits per heavy atom. The first-order valence-electron chi connectivity index (χ1n) is 25.2. The number of aromatic nitrogens is 8. The van der Waals surface area contributed by atoms with Crippen molar-refractivity contribution in [1.29, 1.82) is 0 Å². The van der Waals surface area contributed by atoms with Crippen molar-refractivity contribution in [3.05, 3.63) is 159 Å². The Hall–Kier alpha value is -7.37. The van der Waals surface area contributed by atoms with E-state index >= 15 is 0 Å². The molecule has 3 amide bonds. The van der Waals surface area contributed by atoms with E-state index in [2.05, 4.69) is 31.1 Å². The second-order valence-corrected chi connectivity index (χ2v) is 19.7. The predicted molar refractivity (Wildman–Crippen MR) is 286 cm³/mol. The summed E-state index contributed by atoms with van der Waals surface area (Å²) in [6.07, 6.45) is 20.1. The van der Waals surface area contributed by atoms with Crippen LogP contribution in [0.15, 0.2) is 92.0 Å². The Morgan fingerprint density at radius 2 is 1.23 bits per heavy atom. The summed E-state index contributed by atoms with van der Waals surface area (Å²) in [5.74, 6) is -1.64. The van der Waals surface area contributed by atoms with Crippen LogP contribution in [-0.4, -0.2) is 75.5 Å². The third-order valence-corrected chi connectivity index (χ3v) is 14.1. The maximum absolute atomic E-state index is 13.4. The molecule has 7 aromatic rings. The van der Waals surface area contributed by atoms with Gasteiger partial charge in [-0.1, -0.05) is 30.6 Å². The number of carbonyl (C=O) groups excluding carboxylic acids is 4. The van der Waals surface area contributed by atoms with Crippen molar-refractivity contribution in [3.63, 3.8) is 0 Å². The van der Waals surface area contributed by atoms with Gasteiger partial charge in [0.1, 0.15) is 66.4 Å². The number of benzene rings is 2. The highest BCUT2D eigenvalue weighted by molar-refractivity contribution is 6.31. The smallest absolute Gasteiger partial charge is 0.419 e. The van der Waals surface area contributed by atoms with Crippen molar-refractivity contribution in [2.24, 2.45) is 19.8 Å². The second kappa shape index (κ2) is 25.9. The summed E-state index contributed by atoms with van der Waals surface area (Å²) in [6.45, 7) is 1.69. The van der Waals surface area contributed by atoms with E-state index in [-0.39, 0.29) is 67.0 Å². The number of alkyl carbamates (subject to hydrolysis) is 1. The van der Waals surface area contributed by atoms with Gasteiger partial charge in [-0.25, -0.2) is 37.3 Å². The number of halogens is 4. The summed E-state index contributed by atoms with van der Waals surface area (Å²) >= 11 is 11.5. The highest BCUT2D eigenvalue weighted by Crippen LogP contribution is 2.36. The summed E-state index contributed by atoms with van der Waals surface area (Å²) in [6, 6.07) is 11.5.